The van der Waals surface area contributed by atoms with Crippen molar-refractivity contribution in [2.24, 2.45) is 23.7 Å². The molecule has 3 aliphatic carbocycles. The van der Waals surface area contributed by atoms with Gasteiger partial charge in [0.25, 0.3) is 11.8 Å². The van der Waals surface area contributed by atoms with Crippen LogP contribution in [0.4, 0.5) is 23.2 Å². The van der Waals surface area contributed by atoms with E-state index in [0.29, 0.717) is 30.0 Å². The number of rotatable bonds is 7. The minimum Gasteiger partial charge on any atom is -0.496 e. The van der Waals surface area contributed by atoms with Gasteiger partial charge in [0, 0.05) is 31.1 Å². The second kappa shape index (κ2) is 11.2. The number of methoxy groups -OCH3 is 1. The van der Waals surface area contributed by atoms with E-state index >= 15 is 0 Å². The number of fused-ring (bicyclic) bond motifs is 2. The number of benzene rings is 2. The fourth-order valence-electron chi connectivity index (χ4n) is 7.16. The molecule has 2 bridgehead atoms. The van der Waals surface area contributed by atoms with Crippen molar-refractivity contribution >= 4 is 23.4 Å². The number of carbonyl (C=O) groups is 3. The Bertz CT molecular complexity index is 1540. The lowest BCUT2D eigenvalue weighted by Crippen LogP contribution is -2.48. The highest BCUT2D eigenvalue weighted by Crippen LogP contribution is 2.54. The molecule has 234 valence electrons. The van der Waals surface area contributed by atoms with Crippen LogP contribution in [0.5, 0.6) is 5.75 Å². The molecule has 6 atom stereocenters. The Morgan fingerprint density at radius 2 is 1.80 bits per heavy atom. The number of hydrogen-bond acceptors (Lipinski definition) is 5. The number of anilines is 1. The molecule has 6 rings (SSSR count). The molecule has 12 heteroatoms. The Morgan fingerprint density at radius 1 is 1.07 bits per heavy atom. The van der Waals surface area contributed by atoms with Crippen molar-refractivity contribution in [1.82, 2.24) is 10.2 Å². The molecule has 2 aromatic rings. The number of aliphatic hydroxyl groups excluding tert-OH is 1. The first-order valence-electron chi connectivity index (χ1n) is 14.7. The molecule has 3 amide bonds. The zero-order valence-corrected chi connectivity index (χ0v) is 24.2. The number of alkyl halides is 3. The molecule has 0 spiro atoms. The van der Waals surface area contributed by atoms with Crippen molar-refractivity contribution in [2.45, 2.75) is 56.5 Å². The van der Waals surface area contributed by atoms with E-state index in [9.17, 15) is 37.1 Å². The predicted molar refractivity (Wildman–Crippen MR) is 151 cm³/mol. The SMILES string of the molecule is COc1ccc(C2CC(O)C(=O)N2C)cc1C(=O)N[C@H]1[C@@H](C(=O)Nc2ccc(F)c(C(F)(F)F)c2)[C@H]2CC[C@@H]1/C2=C\C1CC1. The van der Waals surface area contributed by atoms with Gasteiger partial charge < -0.3 is 25.4 Å². The van der Waals surface area contributed by atoms with Crippen LogP contribution >= 0.6 is 0 Å². The number of aliphatic hydroxyl groups is 1. The molecule has 4 aliphatic rings. The maximum atomic E-state index is 13.9. The zero-order chi connectivity index (χ0) is 31.5. The van der Waals surface area contributed by atoms with Gasteiger partial charge in [-0.25, -0.2) is 4.39 Å². The van der Waals surface area contributed by atoms with Crippen molar-refractivity contribution in [2.75, 3.05) is 19.5 Å². The molecule has 0 aromatic heterocycles. The van der Waals surface area contributed by atoms with Crippen molar-refractivity contribution in [3.05, 3.63) is 70.6 Å². The quantitative estimate of drug-likeness (QED) is 0.305. The predicted octanol–water partition coefficient (Wildman–Crippen LogP) is 4.85. The van der Waals surface area contributed by atoms with Gasteiger partial charge in [-0.2, -0.15) is 13.2 Å². The van der Waals surface area contributed by atoms with E-state index in [1.54, 1.807) is 25.2 Å². The molecule has 2 unspecified atom stereocenters. The fraction of sp³-hybridized carbons (Fsp3) is 0.469. The highest BCUT2D eigenvalue weighted by atomic mass is 19.4. The van der Waals surface area contributed by atoms with Crippen LogP contribution < -0.4 is 15.4 Å². The van der Waals surface area contributed by atoms with Gasteiger partial charge in [0.05, 0.1) is 30.2 Å². The van der Waals surface area contributed by atoms with Gasteiger partial charge in [-0.1, -0.05) is 17.7 Å². The maximum Gasteiger partial charge on any atom is 0.419 e. The molecular weight excluding hydrogens is 582 g/mol. The average molecular weight is 616 g/mol. The van der Waals surface area contributed by atoms with E-state index in [-0.39, 0.29) is 35.3 Å². The molecule has 44 heavy (non-hydrogen) atoms. The van der Waals surface area contributed by atoms with Gasteiger partial charge in [0.1, 0.15) is 17.7 Å². The Balaban J connectivity index is 1.29. The molecular formula is C32H33F4N3O5. The second-order valence-electron chi connectivity index (χ2n) is 12.2. The zero-order valence-electron chi connectivity index (χ0n) is 24.2. The van der Waals surface area contributed by atoms with Crippen LogP contribution in [0.1, 0.15) is 59.6 Å². The van der Waals surface area contributed by atoms with Crippen LogP contribution in [0.25, 0.3) is 0 Å². The summed E-state index contributed by atoms with van der Waals surface area (Å²) in [6, 6.07) is 6.20. The first-order valence-corrected chi connectivity index (χ1v) is 14.7. The second-order valence-corrected chi connectivity index (χ2v) is 12.2. The summed E-state index contributed by atoms with van der Waals surface area (Å²) < 4.78 is 59.4. The maximum absolute atomic E-state index is 13.9. The smallest absolute Gasteiger partial charge is 0.419 e. The van der Waals surface area contributed by atoms with Gasteiger partial charge >= 0.3 is 6.18 Å². The summed E-state index contributed by atoms with van der Waals surface area (Å²) >= 11 is 0. The fourth-order valence-corrected chi connectivity index (χ4v) is 7.16. The summed E-state index contributed by atoms with van der Waals surface area (Å²) in [4.78, 5) is 41.2. The Hall–Kier alpha value is -3.93. The summed E-state index contributed by atoms with van der Waals surface area (Å²) in [5.41, 5.74) is 0.258. The monoisotopic (exact) mass is 615 g/mol. The molecule has 1 aliphatic heterocycles. The number of nitrogens with zero attached hydrogens (tertiary/aromatic N) is 1. The van der Waals surface area contributed by atoms with E-state index in [1.165, 1.54) is 12.0 Å². The lowest BCUT2D eigenvalue weighted by molar-refractivity contribution is -0.140. The van der Waals surface area contributed by atoms with Crippen molar-refractivity contribution in [3.63, 3.8) is 0 Å². The third kappa shape index (κ3) is 5.44. The molecule has 4 fully saturated rings. The number of amides is 3. The number of likely N-dealkylation sites (tertiary alicyclic amines) is 1. The number of allylic oxidation sites excluding steroid dienone is 1. The number of hydrogen-bond donors (Lipinski definition) is 3. The van der Waals surface area contributed by atoms with Crippen LogP contribution in [-0.2, 0) is 15.8 Å². The average Bonchev–Trinajstić information content (AvgIpc) is 3.59. The topological polar surface area (TPSA) is 108 Å². The van der Waals surface area contributed by atoms with Gasteiger partial charge in [-0.3, -0.25) is 14.4 Å². The van der Waals surface area contributed by atoms with E-state index < -0.39 is 59.4 Å². The van der Waals surface area contributed by atoms with Crippen LogP contribution in [0.15, 0.2) is 48.0 Å². The summed E-state index contributed by atoms with van der Waals surface area (Å²) in [7, 11) is 3.00. The Labute approximate surface area is 251 Å². The lowest BCUT2D eigenvalue weighted by atomic mass is 9.83. The Kier molecular flexibility index (Phi) is 7.67. The highest BCUT2D eigenvalue weighted by Gasteiger charge is 2.55. The standard InChI is InChI=1S/C32H33F4N3O5/c1-39-24(14-25(40)31(39)43)16-5-10-26(44-2)21(12-16)29(41)38-28-19-8-7-18(20(19)11-15-3-4-15)27(28)30(42)37-17-6-9-23(33)22(13-17)32(34,35)36/h5-6,9-13,15,18-19,24-25,27-28,40H,3-4,7-8,14H2,1-2H3,(H,37,42)(H,38,41)/b20-11-/t18-,19+,24?,25?,27-,28+/m0/s1. The molecule has 1 heterocycles. The number of ether oxygens (including phenoxy) is 1. The third-order valence-electron chi connectivity index (χ3n) is 9.49. The summed E-state index contributed by atoms with van der Waals surface area (Å²) in [6.07, 6.45) is -0.166. The highest BCUT2D eigenvalue weighted by molar-refractivity contribution is 5.99. The van der Waals surface area contributed by atoms with Crippen LogP contribution in [0, 0.1) is 29.5 Å². The lowest BCUT2D eigenvalue weighted by Gasteiger charge is -2.30. The van der Waals surface area contributed by atoms with Crippen molar-refractivity contribution < 1.29 is 41.8 Å². The molecule has 3 saturated carbocycles. The molecule has 2 aromatic carbocycles. The first kappa shape index (κ1) is 30.1. The normalized spacial score (nSPS) is 28.9. The minimum atomic E-state index is -4.93. The van der Waals surface area contributed by atoms with Crippen LogP contribution in [-0.4, -0.2) is 54.0 Å². The summed E-state index contributed by atoms with van der Waals surface area (Å²) in [6.45, 7) is 0. The Morgan fingerprint density at radius 3 is 2.43 bits per heavy atom. The van der Waals surface area contributed by atoms with E-state index in [1.807, 2.05) is 0 Å². The van der Waals surface area contributed by atoms with Gasteiger partial charge in [0.2, 0.25) is 5.91 Å². The van der Waals surface area contributed by atoms with Crippen molar-refractivity contribution in [3.8, 4) is 5.75 Å². The van der Waals surface area contributed by atoms with Gasteiger partial charge in [0.15, 0.2) is 0 Å². The molecule has 0 radical (unpaired) electrons. The summed E-state index contributed by atoms with van der Waals surface area (Å²) in [5.74, 6) is -3.28. The largest absolute Gasteiger partial charge is 0.496 e. The number of likely N-dealkylation sites (N-methyl/N-ethyl adjacent to an activating group) is 1. The van der Waals surface area contributed by atoms with E-state index in [2.05, 4.69) is 16.7 Å². The molecule has 3 N–H and O–H groups in total. The van der Waals surface area contributed by atoms with E-state index in [0.717, 1.165) is 30.9 Å². The van der Waals surface area contributed by atoms with Crippen molar-refractivity contribution in [1.29, 1.82) is 0 Å². The molecule has 1 saturated heterocycles. The number of carbonyl (C=O) groups excluding carboxylic acids is 3. The summed E-state index contributed by atoms with van der Waals surface area (Å²) in [5, 5.41) is 15.7. The van der Waals surface area contributed by atoms with Gasteiger partial charge in [-0.15, -0.1) is 0 Å². The number of halogens is 4. The van der Waals surface area contributed by atoms with Gasteiger partial charge in [-0.05, 0) is 73.4 Å². The number of nitrogens with one attached hydrogen (secondary N) is 2. The third-order valence-corrected chi connectivity index (χ3v) is 9.49. The van der Waals surface area contributed by atoms with E-state index in [4.69, 9.17) is 4.74 Å². The minimum absolute atomic E-state index is 0.123. The molecule has 8 nitrogen and oxygen atoms in total. The van der Waals surface area contributed by atoms with Crippen LogP contribution in [0.3, 0.4) is 0 Å². The van der Waals surface area contributed by atoms with Crippen LogP contribution in [0.2, 0.25) is 0 Å². The first-order chi connectivity index (χ1) is 20.9.